The van der Waals surface area contributed by atoms with Crippen LogP contribution in [0.4, 0.5) is 5.69 Å². The van der Waals surface area contributed by atoms with Crippen molar-refractivity contribution in [1.29, 1.82) is 0 Å². The van der Waals surface area contributed by atoms with E-state index in [4.69, 9.17) is 10.5 Å². The molecule has 0 radical (unpaired) electrons. The Labute approximate surface area is 103 Å². The van der Waals surface area contributed by atoms with Gasteiger partial charge in [-0.3, -0.25) is 0 Å². The lowest BCUT2D eigenvalue weighted by Crippen LogP contribution is -2.36. The Morgan fingerprint density at radius 2 is 2.24 bits per heavy atom. The first-order chi connectivity index (χ1) is 8.20. The van der Waals surface area contributed by atoms with Crippen LogP contribution in [0.25, 0.3) is 0 Å². The van der Waals surface area contributed by atoms with Crippen LogP contribution >= 0.6 is 0 Å². The monoisotopic (exact) mass is 234 g/mol. The Balaban J connectivity index is 1.91. The van der Waals surface area contributed by atoms with Gasteiger partial charge in [0.2, 0.25) is 0 Å². The maximum absolute atomic E-state index is 5.91. The average Bonchev–Trinajstić information content (AvgIpc) is 2.78. The standard InChI is InChI=1S/C14H22N2O/c1-10-6-7-11(8-12(10)15)9-16-13-4-3-5-14(13)17-2/h6-8,13-14,16H,3-5,9,15H2,1-2H3. The second-order valence-corrected chi connectivity index (χ2v) is 4.88. The molecule has 0 aliphatic heterocycles. The summed E-state index contributed by atoms with van der Waals surface area (Å²) in [5.41, 5.74) is 9.17. The van der Waals surface area contributed by atoms with Crippen LogP contribution in [0, 0.1) is 6.92 Å². The summed E-state index contributed by atoms with van der Waals surface area (Å²) in [6.45, 7) is 2.90. The molecular weight excluding hydrogens is 212 g/mol. The van der Waals surface area contributed by atoms with Crippen molar-refractivity contribution in [3.8, 4) is 0 Å². The van der Waals surface area contributed by atoms with Gasteiger partial charge in [0.05, 0.1) is 6.10 Å². The van der Waals surface area contributed by atoms with E-state index in [-0.39, 0.29) is 0 Å². The molecule has 94 valence electrons. The Hall–Kier alpha value is -1.06. The highest BCUT2D eigenvalue weighted by atomic mass is 16.5. The van der Waals surface area contributed by atoms with Gasteiger partial charge in [-0.15, -0.1) is 0 Å². The molecule has 0 bridgehead atoms. The molecule has 17 heavy (non-hydrogen) atoms. The second kappa shape index (κ2) is 5.52. The van der Waals surface area contributed by atoms with Gasteiger partial charge >= 0.3 is 0 Å². The number of nitrogen functional groups attached to an aromatic ring is 1. The van der Waals surface area contributed by atoms with Gasteiger partial charge in [0.1, 0.15) is 0 Å². The van der Waals surface area contributed by atoms with Crippen LogP contribution in [0.2, 0.25) is 0 Å². The molecule has 0 heterocycles. The number of hydrogen-bond donors (Lipinski definition) is 2. The highest BCUT2D eigenvalue weighted by Crippen LogP contribution is 2.22. The van der Waals surface area contributed by atoms with Crippen molar-refractivity contribution in [3.63, 3.8) is 0 Å². The Kier molecular flexibility index (Phi) is 4.02. The van der Waals surface area contributed by atoms with Gasteiger partial charge < -0.3 is 15.8 Å². The van der Waals surface area contributed by atoms with Gasteiger partial charge in [0, 0.05) is 25.4 Å². The molecule has 0 amide bonds. The molecule has 3 N–H and O–H groups in total. The molecular formula is C14H22N2O. The quantitative estimate of drug-likeness (QED) is 0.785. The molecule has 1 saturated carbocycles. The van der Waals surface area contributed by atoms with Crippen molar-refractivity contribution in [2.75, 3.05) is 12.8 Å². The van der Waals surface area contributed by atoms with E-state index in [0.29, 0.717) is 12.1 Å². The fourth-order valence-corrected chi connectivity index (χ4v) is 2.49. The molecule has 3 nitrogen and oxygen atoms in total. The third-order valence-electron chi connectivity index (χ3n) is 3.67. The van der Waals surface area contributed by atoms with Crippen molar-refractivity contribution in [2.45, 2.75) is 44.9 Å². The second-order valence-electron chi connectivity index (χ2n) is 4.88. The molecule has 2 unspecified atom stereocenters. The van der Waals surface area contributed by atoms with Gasteiger partial charge in [-0.1, -0.05) is 12.1 Å². The zero-order valence-corrected chi connectivity index (χ0v) is 10.7. The number of nitrogens with one attached hydrogen (secondary N) is 1. The van der Waals surface area contributed by atoms with Crippen molar-refractivity contribution < 1.29 is 4.74 Å². The third-order valence-corrected chi connectivity index (χ3v) is 3.67. The number of aryl methyl sites for hydroxylation is 1. The SMILES string of the molecule is COC1CCCC1NCc1ccc(C)c(N)c1. The number of nitrogens with two attached hydrogens (primary N) is 1. The number of benzene rings is 1. The number of methoxy groups -OCH3 is 1. The van der Waals surface area contributed by atoms with Crippen LogP contribution in [0.15, 0.2) is 18.2 Å². The van der Waals surface area contributed by atoms with Crippen LogP contribution < -0.4 is 11.1 Å². The lowest BCUT2D eigenvalue weighted by atomic mass is 10.1. The third kappa shape index (κ3) is 2.99. The van der Waals surface area contributed by atoms with E-state index in [2.05, 4.69) is 23.5 Å². The zero-order chi connectivity index (χ0) is 12.3. The van der Waals surface area contributed by atoms with E-state index in [9.17, 15) is 0 Å². The van der Waals surface area contributed by atoms with Crippen molar-refractivity contribution >= 4 is 5.69 Å². The highest BCUT2D eigenvalue weighted by Gasteiger charge is 2.26. The van der Waals surface area contributed by atoms with Crippen molar-refractivity contribution in [3.05, 3.63) is 29.3 Å². The molecule has 0 aromatic heterocycles. The van der Waals surface area contributed by atoms with E-state index < -0.39 is 0 Å². The summed E-state index contributed by atoms with van der Waals surface area (Å²) in [6.07, 6.45) is 4.01. The van der Waals surface area contributed by atoms with Gasteiger partial charge in [0.25, 0.3) is 0 Å². The first kappa shape index (κ1) is 12.4. The van der Waals surface area contributed by atoms with Crippen LogP contribution in [-0.2, 0) is 11.3 Å². The molecule has 1 aromatic rings. The van der Waals surface area contributed by atoms with E-state index >= 15 is 0 Å². The topological polar surface area (TPSA) is 47.3 Å². The number of rotatable bonds is 4. The number of anilines is 1. The van der Waals surface area contributed by atoms with Crippen LogP contribution in [0.5, 0.6) is 0 Å². The van der Waals surface area contributed by atoms with Crippen LogP contribution in [-0.4, -0.2) is 19.3 Å². The minimum Gasteiger partial charge on any atom is -0.399 e. The number of hydrogen-bond acceptors (Lipinski definition) is 3. The lowest BCUT2D eigenvalue weighted by Gasteiger charge is -2.19. The average molecular weight is 234 g/mol. The van der Waals surface area contributed by atoms with Gasteiger partial charge in [-0.2, -0.15) is 0 Å². The molecule has 1 fully saturated rings. The smallest absolute Gasteiger partial charge is 0.0724 e. The fourth-order valence-electron chi connectivity index (χ4n) is 2.49. The van der Waals surface area contributed by atoms with Gasteiger partial charge in [-0.05, 0) is 43.4 Å². The maximum atomic E-state index is 5.91. The minimum absolute atomic E-state index is 0.373. The maximum Gasteiger partial charge on any atom is 0.0724 e. The van der Waals surface area contributed by atoms with E-state index in [1.165, 1.54) is 24.8 Å². The predicted molar refractivity (Wildman–Crippen MR) is 70.9 cm³/mol. The first-order valence-electron chi connectivity index (χ1n) is 6.32. The fraction of sp³-hybridized carbons (Fsp3) is 0.571. The Bertz CT molecular complexity index is 378. The van der Waals surface area contributed by atoms with Crippen LogP contribution in [0.3, 0.4) is 0 Å². The molecule has 0 spiro atoms. The van der Waals surface area contributed by atoms with Gasteiger partial charge in [0.15, 0.2) is 0 Å². The van der Waals surface area contributed by atoms with E-state index in [1.54, 1.807) is 7.11 Å². The van der Waals surface area contributed by atoms with E-state index in [1.807, 2.05) is 6.92 Å². The first-order valence-corrected chi connectivity index (χ1v) is 6.32. The summed E-state index contributed by atoms with van der Waals surface area (Å²) in [6, 6.07) is 6.76. The molecule has 1 aromatic carbocycles. The van der Waals surface area contributed by atoms with Crippen molar-refractivity contribution in [2.24, 2.45) is 0 Å². The molecule has 1 aliphatic rings. The summed E-state index contributed by atoms with van der Waals surface area (Å²) >= 11 is 0. The molecule has 1 aliphatic carbocycles. The van der Waals surface area contributed by atoms with Crippen LogP contribution in [0.1, 0.15) is 30.4 Å². The largest absolute Gasteiger partial charge is 0.399 e. The minimum atomic E-state index is 0.373. The summed E-state index contributed by atoms with van der Waals surface area (Å²) in [7, 11) is 1.80. The normalized spacial score (nSPS) is 24.1. The zero-order valence-electron chi connectivity index (χ0n) is 10.7. The Morgan fingerprint density at radius 3 is 2.94 bits per heavy atom. The molecule has 2 rings (SSSR count). The number of ether oxygens (including phenoxy) is 1. The van der Waals surface area contributed by atoms with Gasteiger partial charge in [-0.25, -0.2) is 0 Å². The highest BCUT2D eigenvalue weighted by molar-refractivity contribution is 5.48. The summed E-state index contributed by atoms with van der Waals surface area (Å²) in [5.74, 6) is 0. The molecule has 0 saturated heterocycles. The summed E-state index contributed by atoms with van der Waals surface area (Å²) in [5, 5.41) is 3.57. The lowest BCUT2D eigenvalue weighted by molar-refractivity contribution is 0.0847. The molecule has 2 atom stereocenters. The predicted octanol–water partition coefficient (Wildman–Crippen LogP) is 2.23. The summed E-state index contributed by atoms with van der Waals surface area (Å²) in [4.78, 5) is 0. The van der Waals surface area contributed by atoms with Crippen molar-refractivity contribution in [1.82, 2.24) is 5.32 Å². The Morgan fingerprint density at radius 1 is 1.41 bits per heavy atom. The van der Waals surface area contributed by atoms with E-state index in [0.717, 1.165) is 17.8 Å². The summed E-state index contributed by atoms with van der Waals surface area (Å²) < 4.78 is 5.47. The molecule has 3 heteroatoms.